The molecule has 0 bridgehead atoms. The van der Waals surface area contributed by atoms with Crippen molar-refractivity contribution in [2.45, 2.75) is 19.4 Å². The monoisotopic (exact) mass is 184 g/mol. The van der Waals surface area contributed by atoms with Crippen LogP contribution in [-0.4, -0.2) is 0 Å². The topological polar surface area (TPSA) is 38.0 Å². The van der Waals surface area contributed by atoms with Gasteiger partial charge < -0.3 is 0 Å². The van der Waals surface area contributed by atoms with Crippen LogP contribution in [0.2, 0.25) is 5.02 Å². The molecule has 1 aromatic rings. The smallest absolute Gasteiger partial charge is 0.0457 e. The van der Waals surface area contributed by atoms with E-state index < -0.39 is 0 Å². The summed E-state index contributed by atoms with van der Waals surface area (Å²) in [6.45, 7) is 2.07. The molecule has 2 nitrogen and oxygen atoms in total. The summed E-state index contributed by atoms with van der Waals surface area (Å²) in [6.07, 6.45) is 0.955. The number of rotatable bonds is 3. The second-order valence-corrected chi connectivity index (χ2v) is 3.12. The van der Waals surface area contributed by atoms with Gasteiger partial charge in [-0.25, -0.2) is 0 Å². The second kappa shape index (κ2) is 4.45. The summed E-state index contributed by atoms with van der Waals surface area (Å²) >= 11 is 5.83. The SMILES string of the molecule is CC[C@@H](NN)c1cccc(Cl)c1. The van der Waals surface area contributed by atoms with Crippen LogP contribution in [0.3, 0.4) is 0 Å². The zero-order valence-corrected chi connectivity index (χ0v) is 7.81. The second-order valence-electron chi connectivity index (χ2n) is 2.68. The molecule has 0 fully saturated rings. The van der Waals surface area contributed by atoms with Crippen molar-refractivity contribution in [3.8, 4) is 0 Å². The molecule has 66 valence electrons. The summed E-state index contributed by atoms with van der Waals surface area (Å²) in [5.41, 5.74) is 3.87. The fraction of sp³-hybridized carbons (Fsp3) is 0.333. The number of benzene rings is 1. The number of halogens is 1. The summed E-state index contributed by atoms with van der Waals surface area (Å²) in [5.74, 6) is 5.37. The molecule has 0 aliphatic rings. The van der Waals surface area contributed by atoms with E-state index in [0.717, 1.165) is 17.0 Å². The molecule has 0 unspecified atom stereocenters. The van der Waals surface area contributed by atoms with Gasteiger partial charge in [-0.15, -0.1) is 0 Å². The first-order chi connectivity index (χ1) is 5.77. The maximum Gasteiger partial charge on any atom is 0.0457 e. The third-order valence-corrected chi connectivity index (χ3v) is 2.10. The Labute approximate surface area is 77.7 Å². The van der Waals surface area contributed by atoms with E-state index in [1.807, 2.05) is 24.3 Å². The van der Waals surface area contributed by atoms with E-state index in [9.17, 15) is 0 Å². The van der Waals surface area contributed by atoms with E-state index in [-0.39, 0.29) is 6.04 Å². The molecule has 3 N–H and O–H groups in total. The first kappa shape index (κ1) is 9.52. The summed E-state index contributed by atoms with van der Waals surface area (Å²) in [6, 6.07) is 7.92. The van der Waals surface area contributed by atoms with Crippen LogP contribution >= 0.6 is 11.6 Å². The van der Waals surface area contributed by atoms with E-state index in [2.05, 4.69) is 12.3 Å². The molecule has 1 rings (SSSR count). The molecule has 0 spiro atoms. The minimum absolute atomic E-state index is 0.198. The van der Waals surface area contributed by atoms with Crippen LogP contribution < -0.4 is 11.3 Å². The first-order valence-electron chi connectivity index (χ1n) is 3.99. The van der Waals surface area contributed by atoms with Gasteiger partial charge >= 0.3 is 0 Å². The van der Waals surface area contributed by atoms with Crippen molar-refractivity contribution in [1.82, 2.24) is 5.43 Å². The van der Waals surface area contributed by atoms with E-state index >= 15 is 0 Å². The maximum atomic E-state index is 5.83. The fourth-order valence-electron chi connectivity index (χ4n) is 1.17. The Morgan fingerprint density at radius 2 is 2.33 bits per heavy atom. The maximum absolute atomic E-state index is 5.83. The van der Waals surface area contributed by atoms with Crippen LogP contribution in [0.15, 0.2) is 24.3 Å². The summed E-state index contributed by atoms with van der Waals surface area (Å²) in [7, 11) is 0. The summed E-state index contributed by atoms with van der Waals surface area (Å²) in [4.78, 5) is 0. The molecule has 0 amide bonds. The zero-order chi connectivity index (χ0) is 8.97. The molecule has 3 heteroatoms. The molecule has 12 heavy (non-hydrogen) atoms. The lowest BCUT2D eigenvalue weighted by molar-refractivity contribution is 0.539. The molecule has 1 atom stereocenters. The number of hydrazine groups is 1. The molecule has 0 saturated heterocycles. The predicted octanol–water partition coefficient (Wildman–Crippen LogP) is 2.25. The van der Waals surface area contributed by atoms with E-state index in [4.69, 9.17) is 17.4 Å². The van der Waals surface area contributed by atoms with Crippen molar-refractivity contribution in [2.75, 3.05) is 0 Å². The van der Waals surface area contributed by atoms with Gasteiger partial charge in [0.2, 0.25) is 0 Å². The Morgan fingerprint density at radius 3 is 2.83 bits per heavy atom. The van der Waals surface area contributed by atoms with Crippen molar-refractivity contribution >= 4 is 11.6 Å². The van der Waals surface area contributed by atoms with Gasteiger partial charge in [0.05, 0.1) is 0 Å². The highest BCUT2D eigenvalue weighted by Gasteiger charge is 2.05. The van der Waals surface area contributed by atoms with Crippen LogP contribution in [0, 0.1) is 0 Å². The van der Waals surface area contributed by atoms with Crippen LogP contribution in [-0.2, 0) is 0 Å². The molecular weight excluding hydrogens is 172 g/mol. The third-order valence-electron chi connectivity index (χ3n) is 1.86. The highest BCUT2D eigenvalue weighted by molar-refractivity contribution is 6.30. The minimum atomic E-state index is 0.198. The van der Waals surface area contributed by atoms with Gasteiger partial charge in [-0.3, -0.25) is 11.3 Å². The number of nitrogens with two attached hydrogens (primary N) is 1. The van der Waals surface area contributed by atoms with Crippen LogP contribution in [0.1, 0.15) is 24.9 Å². The van der Waals surface area contributed by atoms with Crippen LogP contribution in [0.5, 0.6) is 0 Å². The molecule has 0 radical (unpaired) electrons. The van der Waals surface area contributed by atoms with Crippen molar-refractivity contribution in [1.29, 1.82) is 0 Å². The molecule has 0 saturated carbocycles. The van der Waals surface area contributed by atoms with E-state index in [0.29, 0.717) is 0 Å². The lowest BCUT2D eigenvalue weighted by Gasteiger charge is -2.13. The average Bonchev–Trinajstić information content (AvgIpc) is 2.07. The minimum Gasteiger partial charge on any atom is -0.271 e. The Morgan fingerprint density at radius 1 is 1.58 bits per heavy atom. The van der Waals surface area contributed by atoms with E-state index in [1.165, 1.54) is 0 Å². The summed E-state index contributed by atoms with van der Waals surface area (Å²) < 4.78 is 0. The average molecular weight is 185 g/mol. The van der Waals surface area contributed by atoms with Crippen molar-refractivity contribution < 1.29 is 0 Å². The molecule has 1 aromatic carbocycles. The van der Waals surface area contributed by atoms with Crippen molar-refractivity contribution in [3.05, 3.63) is 34.9 Å². The van der Waals surface area contributed by atoms with Crippen molar-refractivity contribution in [3.63, 3.8) is 0 Å². The lowest BCUT2D eigenvalue weighted by atomic mass is 10.1. The largest absolute Gasteiger partial charge is 0.271 e. The van der Waals surface area contributed by atoms with Gasteiger partial charge in [-0.2, -0.15) is 0 Å². The number of hydrogen-bond donors (Lipinski definition) is 2. The zero-order valence-electron chi connectivity index (χ0n) is 7.05. The van der Waals surface area contributed by atoms with Crippen LogP contribution in [0.4, 0.5) is 0 Å². The first-order valence-corrected chi connectivity index (χ1v) is 4.37. The van der Waals surface area contributed by atoms with Gasteiger partial charge in [-0.05, 0) is 24.1 Å². The van der Waals surface area contributed by atoms with Gasteiger partial charge in [0.15, 0.2) is 0 Å². The highest BCUT2D eigenvalue weighted by Crippen LogP contribution is 2.18. The normalized spacial score (nSPS) is 12.9. The third kappa shape index (κ3) is 2.21. The quantitative estimate of drug-likeness (QED) is 0.559. The van der Waals surface area contributed by atoms with Crippen molar-refractivity contribution in [2.24, 2.45) is 5.84 Å². The van der Waals surface area contributed by atoms with Gasteiger partial charge in [0, 0.05) is 11.1 Å². The van der Waals surface area contributed by atoms with E-state index in [1.54, 1.807) is 0 Å². The van der Waals surface area contributed by atoms with Gasteiger partial charge in [0.25, 0.3) is 0 Å². The number of nitrogens with one attached hydrogen (secondary N) is 1. The molecule has 0 aliphatic heterocycles. The fourth-order valence-corrected chi connectivity index (χ4v) is 1.37. The number of hydrogen-bond acceptors (Lipinski definition) is 2. The summed E-state index contributed by atoms with van der Waals surface area (Å²) in [5, 5.41) is 0.751. The standard InChI is InChI=1S/C9H13ClN2/c1-2-9(12-11)7-4-3-5-8(10)6-7/h3-6,9,12H,2,11H2,1H3/t9-/m1/s1. The Balaban J connectivity index is 2.85. The predicted molar refractivity (Wildman–Crippen MR) is 51.8 cm³/mol. The molecule has 0 heterocycles. The molecule has 0 aliphatic carbocycles. The highest BCUT2D eigenvalue weighted by atomic mass is 35.5. The molecule has 0 aromatic heterocycles. The molecular formula is C9H13ClN2. The Kier molecular flexibility index (Phi) is 3.53. The Hall–Kier alpha value is -0.570. The lowest BCUT2D eigenvalue weighted by Crippen LogP contribution is -2.27. The van der Waals surface area contributed by atoms with Crippen LogP contribution in [0.25, 0.3) is 0 Å². The van der Waals surface area contributed by atoms with Gasteiger partial charge in [-0.1, -0.05) is 30.7 Å². The Bertz CT molecular complexity index is 246. The van der Waals surface area contributed by atoms with Gasteiger partial charge in [0.1, 0.15) is 0 Å².